The van der Waals surface area contributed by atoms with E-state index in [2.05, 4.69) is 4.72 Å². The topological polar surface area (TPSA) is 155 Å². The number of rotatable bonds is 10. The molecule has 0 saturated carbocycles. The van der Waals surface area contributed by atoms with Crippen LogP contribution in [-0.2, 0) is 24.7 Å². The van der Waals surface area contributed by atoms with Crippen molar-refractivity contribution in [3.8, 4) is 0 Å². The molecule has 2 aromatic carbocycles. The van der Waals surface area contributed by atoms with Gasteiger partial charge in [-0.05, 0) is 49.2 Å². The highest BCUT2D eigenvalue weighted by Gasteiger charge is 2.35. The lowest BCUT2D eigenvalue weighted by molar-refractivity contribution is -0.139. The Hall–Kier alpha value is -3.39. The van der Waals surface area contributed by atoms with Gasteiger partial charge in [-0.3, -0.25) is 19.3 Å². The van der Waals surface area contributed by atoms with Gasteiger partial charge in [-0.1, -0.05) is 30.3 Å². The van der Waals surface area contributed by atoms with E-state index in [1.165, 1.54) is 24.3 Å². The first-order chi connectivity index (χ1) is 17.0. The van der Waals surface area contributed by atoms with Gasteiger partial charge in [0.25, 0.3) is 21.8 Å². The van der Waals surface area contributed by atoms with Crippen molar-refractivity contribution in [1.82, 2.24) is 9.62 Å². The Morgan fingerprint density at radius 3 is 2.00 bits per heavy atom. The van der Waals surface area contributed by atoms with Crippen molar-refractivity contribution in [3.05, 3.63) is 77.9 Å². The number of carboxylic acids is 1. The predicted molar refractivity (Wildman–Crippen MR) is 129 cm³/mol. The van der Waals surface area contributed by atoms with Crippen molar-refractivity contribution in [2.75, 3.05) is 6.54 Å². The molecule has 2 amide bonds. The van der Waals surface area contributed by atoms with Crippen LogP contribution in [0.1, 0.15) is 33.6 Å². The van der Waals surface area contributed by atoms with Gasteiger partial charge >= 0.3 is 5.97 Å². The summed E-state index contributed by atoms with van der Waals surface area (Å²) in [6, 6.07) is 14.5. The molecule has 3 aromatic rings. The lowest BCUT2D eigenvalue weighted by Crippen LogP contribution is -2.41. The summed E-state index contributed by atoms with van der Waals surface area (Å²) < 4.78 is 52.7. The van der Waals surface area contributed by atoms with Gasteiger partial charge in [0.05, 0.1) is 16.0 Å². The standard InChI is InChI=1S/C23H20N2O8S3/c26-21-16-9-4-5-10-17(16)22(27)25(21)14-6-11-18(23(28)29)24-36(32,33)20-13-12-19(34-20)35(30,31)15-7-2-1-3-8-15/h1-5,7-10,12-13,18,24H,6,11,14H2,(H,28,29)/t18-/m1/s1. The van der Waals surface area contributed by atoms with Crippen LogP contribution in [0, 0.1) is 0 Å². The van der Waals surface area contributed by atoms with Crippen LogP contribution in [0.4, 0.5) is 0 Å². The lowest BCUT2D eigenvalue weighted by atomic mass is 10.1. The number of carbonyl (C=O) groups excluding carboxylic acids is 2. The summed E-state index contributed by atoms with van der Waals surface area (Å²) in [6.07, 6.45) is -0.175. The number of hydrogen-bond donors (Lipinski definition) is 2. The maximum atomic E-state index is 12.8. The fourth-order valence-corrected chi connectivity index (χ4v) is 8.11. The van der Waals surface area contributed by atoms with Crippen molar-refractivity contribution >= 4 is 49.0 Å². The number of carbonyl (C=O) groups is 3. The highest BCUT2D eigenvalue weighted by Crippen LogP contribution is 2.30. The van der Waals surface area contributed by atoms with E-state index in [4.69, 9.17) is 0 Å². The predicted octanol–water partition coefficient (Wildman–Crippen LogP) is 2.39. The molecule has 4 rings (SSSR count). The first-order valence-corrected chi connectivity index (χ1v) is 14.4. The van der Waals surface area contributed by atoms with E-state index in [-0.39, 0.29) is 43.8 Å². The van der Waals surface area contributed by atoms with E-state index in [0.717, 1.165) is 17.0 Å². The molecule has 188 valence electrons. The Kier molecular flexibility index (Phi) is 7.09. The van der Waals surface area contributed by atoms with Gasteiger partial charge in [-0.25, -0.2) is 16.8 Å². The summed E-state index contributed by atoms with van der Waals surface area (Å²) >= 11 is 0.504. The minimum atomic E-state index is -4.37. The molecule has 10 nitrogen and oxygen atoms in total. The quantitative estimate of drug-likeness (QED) is 0.366. The number of sulfone groups is 1. The summed E-state index contributed by atoms with van der Waals surface area (Å²) in [5.41, 5.74) is 0.522. The number of imide groups is 1. The fourth-order valence-electron chi connectivity index (χ4n) is 3.68. The zero-order valence-corrected chi connectivity index (χ0v) is 21.0. The Morgan fingerprint density at radius 2 is 1.42 bits per heavy atom. The summed E-state index contributed by atoms with van der Waals surface area (Å²) in [5.74, 6) is -2.43. The number of hydrogen-bond acceptors (Lipinski definition) is 8. The van der Waals surface area contributed by atoms with Crippen molar-refractivity contribution in [2.24, 2.45) is 0 Å². The Balaban J connectivity index is 1.43. The van der Waals surface area contributed by atoms with Crippen LogP contribution in [0.2, 0.25) is 0 Å². The van der Waals surface area contributed by atoms with Gasteiger partial charge in [0, 0.05) is 6.54 Å². The molecule has 2 heterocycles. The van der Waals surface area contributed by atoms with Gasteiger partial charge in [-0.2, -0.15) is 4.72 Å². The third-order valence-corrected chi connectivity index (χ3v) is 10.8. The molecule has 36 heavy (non-hydrogen) atoms. The number of amides is 2. The van der Waals surface area contributed by atoms with Crippen LogP contribution in [-0.4, -0.2) is 57.2 Å². The van der Waals surface area contributed by atoms with Crippen molar-refractivity contribution in [1.29, 1.82) is 0 Å². The van der Waals surface area contributed by atoms with E-state index in [0.29, 0.717) is 11.3 Å². The lowest BCUT2D eigenvalue weighted by Gasteiger charge is -2.17. The molecule has 0 spiro atoms. The van der Waals surface area contributed by atoms with E-state index in [9.17, 15) is 36.3 Å². The second kappa shape index (κ2) is 9.93. The van der Waals surface area contributed by atoms with Gasteiger partial charge in [-0.15, -0.1) is 11.3 Å². The molecule has 1 atom stereocenters. The Bertz CT molecular complexity index is 1510. The average molecular weight is 549 g/mol. The molecular formula is C23H20N2O8S3. The summed E-state index contributed by atoms with van der Waals surface area (Å²) in [7, 11) is -8.30. The maximum Gasteiger partial charge on any atom is 0.321 e. The second-order valence-corrected chi connectivity index (χ2v) is 13.1. The fraction of sp³-hybridized carbons (Fsp3) is 0.174. The molecule has 0 radical (unpaired) electrons. The first kappa shape index (κ1) is 25.7. The summed E-state index contributed by atoms with van der Waals surface area (Å²) in [4.78, 5) is 37.6. The number of benzene rings is 2. The number of thiophene rings is 1. The number of carboxylic acid groups (broad SMARTS) is 1. The molecule has 0 aliphatic carbocycles. The largest absolute Gasteiger partial charge is 0.480 e. The van der Waals surface area contributed by atoms with E-state index in [1.54, 1.807) is 30.3 Å². The first-order valence-electron chi connectivity index (χ1n) is 10.6. The van der Waals surface area contributed by atoms with Crippen molar-refractivity contribution < 1.29 is 36.3 Å². The molecule has 2 N–H and O–H groups in total. The van der Waals surface area contributed by atoms with Crippen LogP contribution in [0.25, 0.3) is 0 Å². The van der Waals surface area contributed by atoms with E-state index >= 15 is 0 Å². The molecule has 0 fully saturated rings. The normalized spacial score (nSPS) is 14.6. The van der Waals surface area contributed by atoms with E-state index < -0.39 is 43.7 Å². The minimum absolute atomic E-state index is 0.000303. The van der Waals surface area contributed by atoms with Gasteiger partial charge in [0.15, 0.2) is 0 Å². The molecule has 1 aromatic heterocycles. The monoisotopic (exact) mass is 548 g/mol. The summed E-state index contributed by atoms with van der Waals surface area (Å²) in [6.45, 7) is -0.0870. The Morgan fingerprint density at radius 1 is 0.861 bits per heavy atom. The zero-order valence-electron chi connectivity index (χ0n) is 18.5. The summed E-state index contributed by atoms with van der Waals surface area (Å²) in [5, 5.41) is 9.54. The average Bonchev–Trinajstić information content (AvgIpc) is 3.45. The van der Waals surface area contributed by atoms with Gasteiger partial charge in [0.2, 0.25) is 9.84 Å². The van der Waals surface area contributed by atoms with Crippen LogP contribution >= 0.6 is 11.3 Å². The second-order valence-electron chi connectivity index (χ2n) is 7.85. The SMILES string of the molecule is O=C(O)[C@@H](CCCN1C(=O)c2ccccc2C1=O)NS(=O)(=O)c1ccc(S(=O)(=O)c2ccccc2)s1. The highest BCUT2D eigenvalue weighted by atomic mass is 32.3. The molecule has 13 heteroatoms. The number of nitrogens with one attached hydrogen (secondary N) is 1. The maximum absolute atomic E-state index is 12.8. The molecule has 0 unspecified atom stereocenters. The van der Waals surface area contributed by atoms with Crippen LogP contribution < -0.4 is 4.72 Å². The van der Waals surface area contributed by atoms with Crippen LogP contribution in [0.5, 0.6) is 0 Å². The number of fused-ring (bicyclic) bond motifs is 1. The highest BCUT2D eigenvalue weighted by molar-refractivity contribution is 7.95. The van der Waals surface area contributed by atoms with Crippen LogP contribution in [0.15, 0.2) is 80.0 Å². The molecule has 1 aliphatic rings. The number of sulfonamides is 1. The van der Waals surface area contributed by atoms with Gasteiger partial charge < -0.3 is 5.11 Å². The number of nitrogens with zero attached hydrogens (tertiary/aromatic N) is 1. The smallest absolute Gasteiger partial charge is 0.321 e. The minimum Gasteiger partial charge on any atom is -0.480 e. The molecule has 0 bridgehead atoms. The third-order valence-electron chi connectivity index (χ3n) is 5.49. The third kappa shape index (κ3) is 4.95. The molecule has 1 aliphatic heterocycles. The van der Waals surface area contributed by atoms with Gasteiger partial charge in [0.1, 0.15) is 14.5 Å². The Labute approximate surface area is 211 Å². The van der Waals surface area contributed by atoms with E-state index in [1.807, 2.05) is 0 Å². The zero-order chi connectivity index (χ0) is 26.1. The van der Waals surface area contributed by atoms with Crippen molar-refractivity contribution in [3.63, 3.8) is 0 Å². The molecule has 0 saturated heterocycles. The van der Waals surface area contributed by atoms with Crippen LogP contribution in [0.3, 0.4) is 0 Å². The number of aliphatic carboxylic acids is 1. The van der Waals surface area contributed by atoms with Crippen molar-refractivity contribution in [2.45, 2.75) is 32.2 Å². The molecular weight excluding hydrogens is 528 g/mol.